The molecular formula is C22H27N3O3S. The minimum atomic E-state index is -0.155. The number of hydrogen-bond donors (Lipinski definition) is 1. The fourth-order valence-electron chi connectivity index (χ4n) is 3.21. The maximum Gasteiger partial charge on any atom is 0.265 e. The van der Waals surface area contributed by atoms with Crippen molar-refractivity contribution in [2.45, 2.75) is 26.7 Å². The number of nitrogens with zero attached hydrogens (tertiary/aromatic N) is 2. The molecule has 6 nitrogen and oxygen atoms in total. The molecule has 0 unspecified atom stereocenters. The van der Waals surface area contributed by atoms with Gasteiger partial charge in [-0.25, -0.2) is 0 Å². The van der Waals surface area contributed by atoms with E-state index in [1.165, 1.54) is 11.3 Å². The first kappa shape index (κ1) is 21.0. The van der Waals surface area contributed by atoms with Crippen LogP contribution in [0.1, 0.15) is 46.7 Å². The summed E-state index contributed by atoms with van der Waals surface area (Å²) in [5.41, 5.74) is 1.24. The third-order valence-corrected chi connectivity index (χ3v) is 5.86. The molecule has 154 valence electrons. The number of benzene rings is 1. The second kappa shape index (κ2) is 9.69. The van der Waals surface area contributed by atoms with Crippen LogP contribution in [-0.4, -0.2) is 53.7 Å². The van der Waals surface area contributed by atoms with Crippen molar-refractivity contribution in [1.82, 2.24) is 9.80 Å². The van der Waals surface area contributed by atoms with Gasteiger partial charge in [0.2, 0.25) is 5.91 Å². The predicted molar refractivity (Wildman–Crippen MR) is 115 cm³/mol. The van der Waals surface area contributed by atoms with E-state index in [-0.39, 0.29) is 17.7 Å². The van der Waals surface area contributed by atoms with E-state index in [4.69, 9.17) is 0 Å². The minimum Gasteiger partial charge on any atom is -0.339 e. The molecule has 1 aliphatic rings. The van der Waals surface area contributed by atoms with E-state index in [0.29, 0.717) is 54.6 Å². The van der Waals surface area contributed by atoms with E-state index in [1.54, 1.807) is 35.2 Å². The number of thiophene rings is 1. The fraction of sp³-hybridized carbons (Fsp3) is 0.409. The molecule has 2 aromatic rings. The molecule has 0 bridgehead atoms. The predicted octanol–water partition coefficient (Wildman–Crippen LogP) is 3.72. The van der Waals surface area contributed by atoms with Crippen LogP contribution in [0, 0.1) is 5.92 Å². The van der Waals surface area contributed by atoms with Crippen LogP contribution in [-0.2, 0) is 4.79 Å². The Bertz CT molecular complexity index is 839. The van der Waals surface area contributed by atoms with Gasteiger partial charge in [0.25, 0.3) is 11.8 Å². The minimum absolute atomic E-state index is 0.0459. The maximum absolute atomic E-state index is 12.7. The monoisotopic (exact) mass is 413 g/mol. The smallest absolute Gasteiger partial charge is 0.265 e. The third kappa shape index (κ3) is 5.67. The summed E-state index contributed by atoms with van der Waals surface area (Å²) < 4.78 is 0. The van der Waals surface area contributed by atoms with Gasteiger partial charge in [-0.05, 0) is 48.1 Å². The first-order valence-electron chi connectivity index (χ1n) is 9.96. The number of anilines is 1. The molecule has 2 heterocycles. The standard InChI is InChI=1S/C22H27N3O3S/c1-16(2)5-10-20(26)24-11-13-25(14-12-24)22(28)17-6-8-18(9-7-17)23-21(27)19-4-3-15-29-19/h3-4,6-9,15-16H,5,10-14H2,1-2H3,(H,23,27). The van der Waals surface area contributed by atoms with Gasteiger partial charge in [-0.1, -0.05) is 19.9 Å². The zero-order valence-corrected chi connectivity index (χ0v) is 17.7. The molecule has 0 aliphatic carbocycles. The Kier molecular flexibility index (Phi) is 7.04. The van der Waals surface area contributed by atoms with Gasteiger partial charge in [-0.3, -0.25) is 14.4 Å². The zero-order valence-electron chi connectivity index (χ0n) is 16.9. The Balaban J connectivity index is 1.51. The van der Waals surface area contributed by atoms with Crippen LogP contribution in [0.15, 0.2) is 41.8 Å². The molecule has 0 atom stereocenters. The van der Waals surface area contributed by atoms with Crippen LogP contribution in [0.2, 0.25) is 0 Å². The van der Waals surface area contributed by atoms with Gasteiger partial charge in [0.05, 0.1) is 4.88 Å². The van der Waals surface area contributed by atoms with Crippen molar-refractivity contribution in [3.63, 3.8) is 0 Å². The normalized spacial score (nSPS) is 14.2. The van der Waals surface area contributed by atoms with Crippen LogP contribution in [0.25, 0.3) is 0 Å². The second-order valence-electron chi connectivity index (χ2n) is 7.61. The summed E-state index contributed by atoms with van der Waals surface area (Å²) in [6, 6.07) is 10.5. The Hall–Kier alpha value is -2.67. The van der Waals surface area contributed by atoms with Crippen LogP contribution >= 0.6 is 11.3 Å². The molecule has 0 saturated carbocycles. The van der Waals surface area contributed by atoms with E-state index in [1.807, 2.05) is 16.3 Å². The van der Waals surface area contributed by atoms with Crippen LogP contribution in [0.4, 0.5) is 5.69 Å². The molecule has 1 aliphatic heterocycles. The van der Waals surface area contributed by atoms with Gasteiger partial charge in [-0.2, -0.15) is 0 Å². The van der Waals surface area contributed by atoms with Gasteiger partial charge >= 0.3 is 0 Å². The molecule has 1 aromatic carbocycles. The summed E-state index contributed by atoms with van der Waals surface area (Å²) >= 11 is 1.38. The largest absolute Gasteiger partial charge is 0.339 e. The number of amides is 3. The lowest BCUT2D eigenvalue weighted by Crippen LogP contribution is -2.50. The molecular weight excluding hydrogens is 386 g/mol. The summed E-state index contributed by atoms with van der Waals surface area (Å²) in [6.45, 7) is 6.48. The molecule has 1 N–H and O–H groups in total. The summed E-state index contributed by atoms with van der Waals surface area (Å²) in [4.78, 5) is 41.4. The van der Waals surface area contributed by atoms with Crippen molar-refractivity contribution in [3.05, 3.63) is 52.2 Å². The lowest BCUT2D eigenvalue weighted by Gasteiger charge is -2.35. The van der Waals surface area contributed by atoms with Gasteiger partial charge < -0.3 is 15.1 Å². The Morgan fingerprint density at radius 2 is 1.66 bits per heavy atom. The first-order valence-corrected chi connectivity index (χ1v) is 10.8. The van der Waals surface area contributed by atoms with Gasteiger partial charge in [0.15, 0.2) is 0 Å². The van der Waals surface area contributed by atoms with Gasteiger partial charge in [0.1, 0.15) is 0 Å². The van der Waals surface area contributed by atoms with E-state index in [9.17, 15) is 14.4 Å². The zero-order chi connectivity index (χ0) is 20.8. The summed E-state index contributed by atoms with van der Waals surface area (Å²) in [5, 5.41) is 4.69. The second-order valence-corrected chi connectivity index (χ2v) is 8.56. The molecule has 1 fully saturated rings. The van der Waals surface area contributed by atoms with Crippen LogP contribution < -0.4 is 5.32 Å². The van der Waals surface area contributed by atoms with E-state index in [0.717, 1.165) is 6.42 Å². The molecule has 0 spiro atoms. The van der Waals surface area contributed by atoms with Crippen LogP contribution in [0.5, 0.6) is 0 Å². The van der Waals surface area contributed by atoms with Crippen molar-refractivity contribution in [3.8, 4) is 0 Å². The molecule has 0 radical (unpaired) electrons. The van der Waals surface area contributed by atoms with Crippen molar-refractivity contribution >= 4 is 34.7 Å². The number of rotatable bonds is 6. The Morgan fingerprint density at radius 3 is 2.24 bits per heavy atom. The van der Waals surface area contributed by atoms with Gasteiger partial charge in [0, 0.05) is 43.9 Å². The van der Waals surface area contributed by atoms with E-state index in [2.05, 4.69) is 19.2 Å². The summed E-state index contributed by atoms with van der Waals surface area (Å²) in [5.74, 6) is 0.490. The molecule has 29 heavy (non-hydrogen) atoms. The number of carbonyl (C=O) groups excluding carboxylic acids is 3. The maximum atomic E-state index is 12.7. The quantitative estimate of drug-likeness (QED) is 0.785. The average Bonchev–Trinajstić information content (AvgIpc) is 3.27. The Labute approximate surface area is 175 Å². The van der Waals surface area contributed by atoms with Crippen molar-refractivity contribution in [1.29, 1.82) is 0 Å². The highest BCUT2D eigenvalue weighted by Crippen LogP contribution is 2.16. The Morgan fingerprint density at radius 1 is 1.00 bits per heavy atom. The highest BCUT2D eigenvalue weighted by Gasteiger charge is 2.24. The van der Waals surface area contributed by atoms with Gasteiger partial charge in [-0.15, -0.1) is 11.3 Å². The molecule has 3 amide bonds. The van der Waals surface area contributed by atoms with Crippen molar-refractivity contribution < 1.29 is 14.4 Å². The number of piperazine rings is 1. The molecule has 7 heteroatoms. The van der Waals surface area contributed by atoms with E-state index < -0.39 is 0 Å². The average molecular weight is 414 g/mol. The lowest BCUT2D eigenvalue weighted by atomic mass is 10.1. The number of nitrogens with one attached hydrogen (secondary N) is 1. The lowest BCUT2D eigenvalue weighted by molar-refractivity contribution is -0.132. The highest BCUT2D eigenvalue weighted by atomic mass is 32.1. The topological polar surface area (TPSA) is 69.7 Å². The van der Waals surface area contributed by atoms with Crippen LogP contribution in [0.3, 0.4) is 0 Å². The van der Waals surface area contributed by atoms with Crippen molar-refractivity contribution in [2.24, 2.45) is 5.92 Å². The number of hydrogen-bond acceptors (Lipinski definition) is 4. The molecule has 1 saturated heterocycles. The first-order chi connectivity index (χ1) is 13.9. The number of carbonyl (C=O) groups is 3. The fourth-order valence-corrected chi connectivity index (χ4v) is 3.83. The summed E-state index contributed by atoms with van der Waals surface area (Å²) in [7, 11) is 0. The SMILES string of the molecule is CC(C)CCC(=O)N1CCN(C(=O)c2ccc(NC(=O)c3cccs3)cc2)CC1. The van der Waals surface area contributed by atoms with E-state index >= 15 is 0 Å². The highest BCUT2D eigenvalue weighted by molar-refractivity contribution is 7.12. The summed E-state index contributed by atoms with van der Waals surface area (Å²) in [6.07, 6.45) is 1.47. The van der Waals surface area contributed by atoms with Crippen molar-refractivity contribution in [2.75, 3.05) is 31.5 Å². The molecule has 1 aromatic heterocycles. The third-order valence-electron chi connectivity index (χ3n) is 4.99. The molecule has 3 rings (SSSR count).